The van der Waals surface area contributed by atoms with Crippen LogP contribution in [0.4, 0.5) is 4.39 Å². The van der Waals surface area contributed by atoms with E-state index in [1.807, 2.05) is 0 Å². The van der Waals surface area contributed by atoms with Crippen molar-refractivity contribution >= 4 is 21.8 Å². The Bertz CT molecular complexity index is 858. The Morgan fingerprint density at radius 3 is 2.62 bits per heavy atom. The number of amides is 2. The van der Waals surface area contributed by atoms with Gasteiger partial charge in [-0.3, -0.25) is 9.59 Å². The Labute approximate surface area is 152 Å². The van der Waals surface area contributed by atoms with Crippen molar-refractivity contribution in [2.45, 2.75) is 30.2 Å². The number of hydrogen-bond acceptors (Lipinski definition) is 4. The molecule has 0 unspecified atom stereocenters. The van der Waals surface area contributed by atoms with Crippen LogP contribution in [0.1, 0.15) is 29.6 Å². The van der Waals surface area contributed by atoms with Crippen LogP contribution in [-0.4, -0.2) is 56.7 Å². The first-order valence-electron chi connectivity index (χ1n) is 8.41. The maximum Gasteiger partial charge on any atom is 0.256 e. The third-order valence-electron chi connectivity index (χ3n) is 5.55. The number of sulfonamides is 1. The Morgan fingerprint density at radius 1 is 1.31 bits per heavy atom. The molecule has 1 aliphatic carbocycles. The number of fused-ring (bicyclic) bond motifs is 1. The molecule has 0 aromatic heterocycles. The first kappa shape index (κ1) is 18.8. The van der Waals surface area contributed by atoms with Gasteiger partial charge in [-0.15, -0.1) is 0 Å². The lowest BCUT2D eigenvalue weighted by Gasteiger charge is -2.31. The monoisotopic (exact) mass is 383 g/mol. The number of benzene rings is 1. The maximum absolute atomic E-state index is 14.1. The third kappa shape index (κ3) is 3.45. The van der Waals surface area contributed by atoms with Gasteiger partial charge < -0.3 is 9.80 Å². The van der Waals surface area contributed by atoms with E-state index in [4.69, 9.17) is 5.14 Å². The zero-order valence-electron chi connectivity index (χ0n) is 14.7. The summed E-state index contributed by atoms with van der Waals surface area (Å²) in [6, 6.07) is 2.83. The van der Waals surface area contributed by atoms with E-state index in [1.54, 1.807) is 19.0 Å². The molecule has 2 fully saturated rings. The number of piperidine rings is 1. The van der Waals surface area contributed by atoms with E-state index >= 15 is 0 Å². The van der Waals surface area contributed by atoms with Crippen LogP contribution < -0.4 is 5.14 Å². The molecule has 0 spiro atoms. The minimum Gasteiger partial charge on any atom is -0.345 e. The van der Waals surface area contributed by atoms with Gasteiger partial charge in [-0.2, -0.15) is 0 Å². The molecular formula is C17H22FN3O4S. The summed E-state index contributed by atoms with van der Waals surface area (Å²) in [5.74, 6) is -0.734. The molecule has 7 nitrogen and oxygen atoms in total. The summed E-state index contributed by atoms with van der Waals surface area (Å²) in [5, 5.41) is 5.07. The summed E-state index contributed by atoms with van der Waals surface area (Å²) in [4.78, 5) is 27.5. The number of primary sulfonamides is 1. The molecule has 0 radical (unpaired) electrons. The van der Waals surface area contributed by atoms with E-state index in [-0.39, 0.29) is 28.3 Å². The van der Waals surface area contributed by atoms with Crippen molar-refractivity contribution in [1.82, 2.24) is 9.80 Å². The number of hydrogen-bond donors (Lipinski definition) is 1. The van der Waals surface area contributed by atoms with Crippen LogP contribution in [0.15, 0.2) is 23.1 Å². The van der Waals surface area contributed by atoms with Crippen molar-refractivity contribution in [1.29, 1.82) is 0 Å². The van der Waals surface area contributed by atoms with Crippen LogP contribution in [0.25, 0.3) is 0 Å². The third-order valence-corrected chi connectivity index (χ3v) is 6.46. The maximum atomic E-state index is 14.1. The second-order valence-corrected chi connectivity index (χ2v) is 8.79. The first-order chi connectivity index (χ1) is 12.1. The smallest absolute Gasteiger partial charge is 0.256 e. The molecule has 26 heavy (non-hydrogen) atoms. The van der Waals surface area contributed by atoms with Crippen LogP contribution >= 0.6 is 0 Å². The average molecular weight is 383 g/mol. The van der Waals surface area contributed by atoms with Gasteiger partial charge in [0.1, 0.15) is 5.82 Å². The number of nitrogens with zero attached hydrogens (tertiary/aromatic N) is 2. The summed E-state index contributed by atoms with van der Waals surface area (Å²) in [6.07, 6.45) is 1.89. The molecule has 3 rings (SSSR count). The van der Waals surface area contributed by atoms with Gasteiger partial charge in [0.2, 0.25) is 15.9 Å². The first-order valence-corrected chi connectivity index (χ1v) is 9.96. The van der Waals surface area contributed by atoms with Gasteiger partial charge in [0.25, 0.3) is 5.91 Å². The molecular weight excluding hydrogens is 361 g/mol. The quantitative estimate of drug-likeness (QED) is 0.834. The van der Waals surface area contributed by atoms with E-state index in [0.717, 1.165) is 24.6 Å². The fourth-order valence-electron chi connectivity index (χ4n) is 4.00. The van der Waals surface area contributed by atoms with Crippen LogP contribution in [0.2, 0.25) is 0 Å². The number of nitrogens with two attached hydrogens (primary N) is 1. The highest BCUT2D eigenvalue weighted by Gasteiger charge is 2.42. The van der Waals surface area contributed by atoms with Crippen molar-refractivity contribution in [3.8, 4) is 0 Å². The largest absolute Gasteiger partial charge is 0.345 e. The van der Waals surface area contributed by atoms with Gasteiger partial charge in [0, 0.05) is 33.1 Å². The molecule has 9 heteroatoms. The molecule has 1 saturated carbocycles. The van der Waals surface area contributed by atoms with Crippen LogP contribution in [0, 0.1) is 17.7 Å². The number of likely N-dealkylation sites (tertiary alicyclic amines) is 1. The average Bonchev–Trinajstić information content (AvgIpc) is 2.96. The topological polar surface area (TPSA) is 101 Å². The second-order valence-electron chi connectivity index (χ2n) is 7.23. The lowest BCUT2D eigenvalue weighted by atomic mass is 9.88. The number of halogens is 1. The summed E-state index contributed by atoms with van der Waals surface area (Å²) in [6.45, 7) is 0.664. The van der Waals surface area contributed by atoms with Gasteiger partial charge in [0.15, 0.2) is 0 Å². The summed E-state index contributed by atoms with van der Waals surface area (Å²) >= 11 is 0. The highest BCUT2D eigenvalue weighted by molar-refractivity contribution is 7.89. The van der Waals surface area contributed by atoms with Crippen molar-refractivity contribution in [2.24, 2.45) is 17.0 Å². The van der Waals surface area contributed by atoms with E-state index in [1.165, 1.54) is 4.90 Å². The molecule has 3 atom stereocenters. The van der Waals surface area contributed by atoms with Crippen LogP contribution in [0.5, 0.6) is 0 Å². The highest BCUT2D eigenvalue weighted by Crippen LogP contribution is 2.40. The van der Waals surface area contributed by atoms with Crippen LogP contribution in [0.3, 0.4) is 0 Å². The van der Waals surface area contributed by atoms with E-state index in [0.29, 0.717) is 25.3 Å². The van der Waals surface area contributed by atoms with Crippen LogP contribution in [-0.2, 0) is 14.8 Å². The van der Waals surface area contributed by atoms with Crippen molar-refractivity contribution in [3.05, 3.63) is 29.6 Å². The minimum absolute atomic E-state index is 0.104. The fourth-order valence-corrected chi connectivity index (χ4v) is 4.54. The van der Waals surface area contributed by atoms with Crippen molar-refractivity contribution in [2.75, 3.05) is 20.6 Å². The summed E-state index contributed by atoms with van der Waals surface area (Å²) in [7, 11) is -0.675. The highest BCUT2D eigenvalue weighted by atomic mass is 32.2. The standard InChI is InChI=1S/C17H22FN3O4S/c1-20-9-11-6-12(5-10(11)7-16(20)22)21(2)17(23)14-8-13(26(19,24)25)3-4-15(14)18/h3-4,8,10-12H,5-7,9H2,1-2H3,(H2,19,24,25)/t10-,11+,12-/m1/s1. The van der Waals surface area contributed by atoms with Gasteiger partial charge in [0.05, 0.1) is 10.5 Å². The van der Waals surface area contributed by atoms with E-state index in [9.17, 15) is 22.4 Å². The molecule has 1 aliphatic heterocycles. The fraction of sp³-hybridized carbons (Fsp3) is 0.529. The van der Waals surface area contributed by atoms with Gasteiger partial charge in [-0.05, 0) is 42.9 Å². The number of rotatable bonds is 3. The number of carbonyl (C=O) groups is 2. The Morgan fingerprint density at radius 2 is 1.96 bits per heavy atom. The predicted octanol–water partition coefficient (Wildman–Crippen LogP) is 0.802. The Balaban J connectivity index is 1.80. The Kier molecular flexibility index (Phi) is 4.78. The van der Waals surface area contributed by atoms with Crippen molar-refractivity contribution in [3.63, 3.8) is 0 Å². The van der Waals surface area contributed by atoms with Gasteiger partial charge >= 0.3 is 0 Å². The summed E-state index contributed by atoms with van der Waals surface area (Å²) < 4.78 is 37.1. The molecule has 2 aliphatic rings. The molecule has 1 aromatic carbocycles. The summed E-state index contributed by atoms with van der Waals surface area (Å²) in [5.41, 5.74) is -0.318. The van der Waals surface area contributed by atoms with Crippen molar-refractivity contribution < 1.29 is 22.4 Å². The lowest BCUT2D eigenvalue weighted by molar-refractivity contribution is -0.134. The normalized spacial score (nSPS) is 25.9. The molecule has 2 N–H and O–H groups in total. The molecule has 0 bridgehead atoms. The van der Waals surface area contributed by atoms with E-state index < -0.39 is 21.7 Å². The lowest BCUT2D eigenvalue weighted by Crippen LogP contribution is -2.40. The molecule has 1 saturated heterocycles. The molecule has 142 valence electrons. The number of carbonyl (C=O) groups excluding carboxylic acids is 2. The Hall–Kier alpha value is -2.00. The molecule has 1 heterocycles. The molecule has 1 aromatic rings. The SMILES string of the molecule is CN1C[C@@H]2C[C@H](N(C)C(=O)c3cc(S(N)(=O)=O)ccc3F)C[C@@H]2CC1=O. The zero-order valence-corrected chi connectivity index (χ0v) is 15.5. The second kappa shape index (κ2) is 6.62. The minimum atomic E-state index is -4.03. The van der Waals surface area contributed by atoms with Gasteiger partial charge in [-0.1, -0.05) is 0 Å². The van der Waals surface area contributed by atoms with E-state index in [2.05, 4.69) is 0 Å². The predicted molar refractivity (Wildman–Crippen MR) is 92.1 cm³/mol. The van der Waals surface area contributed by atoms with Gasteiger partial charge in [-0.25, -0.2) is 17.9 Å². The zero-order chi connectivity index (χ0) is 19.2. The molecule has 2 amide bonds.